The van der Waals surface area contributed by atoms with E-state index in [-0.39, 0.29) is 12.0 Å². The summed E-state index contributed by atoms with van der Waals surface area (Å²) in [6.07, 6.45) is 0.615. The molecule has 3 aromatic carbocycles. The Hall–Kier alpha value is -3.12. The lowest BCUT2D eigenvalue weighted by atomic mass is 9.95. The van der Waals surface area contributed by atoms with E-state index in [0.29, 0.717) is 25.4 Å². The van der Waals surface area contributed by atoms with Crippen molar-refractivity contribution in [3.8, 4) is 0 Å². The predicted octanol–water partition coefficient (Wildman–Crippen LogP) is 5.75. The number of hydrogen-bond acceptors (Lipinski definition) is 8. The number of aromatic nitrogens is 2. The molecule has 0 saturated carbocycles. The third-order valence-corrected chi connectivity index (χ3v) is 8.83. The third kappa shape index (κ3) is 8.32. The molecule has 1 aromatic heterocycles. The number of halogens is 1. The Kier molecular flexibility index (Phi) is 11.2. The van der Waals surface area contributed by atoms with Crippen LogP contribution in [0.3, 0.4) is 0 Å². The fourth-order valence-electron chi connectivity index (χ4n) is 5.74. The molecule has 2 heterocycles. The maximum Gasteiger partial charge on any atom is 0.328 e. The SMILES string of the molecule is CCOC(=O)[C@H](CCN(C)C)Nc1nc(CN2CCN(C(c3ccc(C)cc3)c3ccc(I)cc3)CC2)nc2ccccc12. The summed E-state index contributed by atoms with van der Waals surface area (Å²) in [5, 5.41) is 4.33. The zero-order valence-electron chi connectivity index (χ0n) is 26.2. The maximum absolute atomic E-state index is 12.9. The van der Waals surface area contributed by atoms with E-state index in [2.05, 4.69) is 98.1 Å². The van der Waals surface area contributed by atoms with Gasteiger partial charge >= 0.3 is 5.97 Å². The summed E-state index contributed by atoms with van der Waals surface area (Å²) in [6.45, 7) is 9.43. The molecule has 8 nitrogen and oxygen atoms in total. The van der Waals surface area contributed by atoms with Gasteiger partial charge in [-0.25, -0.2) is 14.8 Å². The highest BCUT2D eigenvalue weighted by Crippen LogP contribution is 2.31. The standard InChI is InChI=1S/C35H43IN6O2/c1-5-44-35(43)31(18-19-40(3)4)38-34-29-8-6-7-9-30(29)37-32(39-34)24-41-20-22-42(23-21-41)33(26-12-10-25(2)11-13-26)27-14-16-28(36)17-15-27/h6-17,31,33H,5,18-24H2,1-4H3,(H,37,38,39)/t31-,33?/m0/s1. The topological polar surface area (TPSA) is 73.8 Å². The van der Waals surface area contributed by atoms with Crippen LogP contribution in [0.5, 0.6) is 0 Å². The van der Waals surface area contributed by atoms with Gasteiger partial charge in [0.25, 0.3) is 0 Å². The molecular formula is C35H43IN6O2. The monoisotopic (exact) mass is 706 g/mol. The van der Waals surface area contributed by atoms with Gasteiger partial charge in [0, 0.05) is 41.7 Å². The molecule has 1 unspecified atom stereocenters. The zero-order chi connectivity index (χ0) is 31.1. The van der Waals surface area contributed by atoms with Crippen LogP contribution >= 0.6 is 22.6 Å². The van der Waals surface area contributed by atoms with Crippen LogP contribution in [0.4, 0.5) is 5.82 Å². The fourth-order valence-corrected chi connectivity index (χ4v) is 6.10. The molecule has 1 fully saturated rings. The van der Waals surface area contributed by atoms with Crippen LogP contribution in [-0.2, 0) is 16.1 Å². The van der Waals surface area contributed by atoms with Gasteiger partial charge in [-0.05, 0) is 92.3 Å². The molecule has 232 valence electrons. The smallest absolute Gasteiger partial charge is 0.328 e. The predicted molar refractivity (Wildman–Crippen MR) is 186 cm³/mol. The number of fused-ring (bicyclic) bond motifs is 1. The number of hydrogen-bond donors (Lipinski definition) is 1. The second-order valence-corrected chi connectivity index (χ2v) is 13.0. The van der Waals surface area contributed by atoms with Crippen LogP contribution in [0.2, 0.25) is 0 Å². The van der Waals surface area contributed by atoms with Crippen molar-refractivity contribution in [2.24, 2.45) is 0 Å². The van der Waals surface area contributed by atoms with E-state index >= 15 is 0 Å². The molecule has 1 aliphatic heterocycles. The first-order valence-corrected chi connectivity index (χ1v) is 16.5. The lowest BCUT2D eigenvalue weighted by Gasteiger charge is -2.39. The molecule has 1 saturated heterocycles. The number of esters is 1. The third-order valence-electron chi connectivity index (χ3n) is 8.11. The van der Waals surface area contributed by atoms with Crippen LogP contribution in [0.15, 0.2) is 72.8 Å². The summed E-state index contributed by atoms with van der Waals surface area (Å²) in [7, 11) is 4.01. The molecule has 1 N–H and O–H groups in total. The van der Waals surface area contributed by atoms with Crippen LogP contribution in [-0.4, -0.2) is 90.1 Å². The van der Waals surface area contributed by atoms with Crippen molar-refractivity contribution in [2.45, 2.75) is 38.9 Å². The Morgan fingerprint density at radius 3 is 2.27 bits per heavy atom. The highest BCUT2D eigenvalue weighted by molar-refractivity contribution is 14.1. The molecule has 44 heavy (non-hydrogen) atoms. The molecule has 9 heteroatoms. The van der Waals surface area contributed by atoms with E-state index in [9.17, 15) is 4.79 Å². The Bertz CT molecular complexity index is 1480. The van der Waals surface area contributed by atoms with Gasteiger partial charge < -0.3 is 15.0 Å². The first-order chi connectivity index (χ1) is 21.3. The van der Waals surface area contributed by atoms with Gasteiger partial charge in [0.05, 0.1) is 24.7 Å². The minimum absolute atomic E-state index is 0.212. The van der Waals surface area contributed by atoms with E-state index < -0.39 is 6.04 Å². The van der Waals surface area contributed by atoms with Crippen molar-refractivity contribution in [1.29, 1.82) is 0 Å². The molecule has 0 bridgehead atoms. The van der Waals surface area contributed by atoms with Gasteiger partial charge in [0.1, 0.15) is 17.7 Å². The molecule has 5 rings (SSSR count). The molecule has 0 aliphatic carbocycles. The normalized spacial score (nSPS) is 15.8. The summed E-state index contributed by atoms with van der Waals surface area (Å²) in [6, 6.07) is 25.6. The number of piperazine rings is 1. The first kappa shape index (κ1) is 32.3. The van der Waals surface area contributed by atoms with Crippen molar-refractivity contribution >= 4 is 45.3 Å². The fraction of sp³-hybridized carbons (Fsp3) is 0.400. The summed E-state index contributed by atoms with van der Waals surface area (Å²) in [5.41, 5.74) is 4.79. The minimum atomic E-state index is -0.493. The summed E-state index contributed by atoms with van der Waals surface area (Å²) < 4.78 is 6.65. The van der Waals surface area contributed by atoms with Crippen LogP contribution in [0.25, 0.3) is 10.9 Å². The minimum Gasteiger partial charge on any atom is -0.464 e. The van der Waals surface area contributed by atoms with E-state index in [1.54, 1.807) is 0 Å². The van der Waals surface area contributed by atoms with Gasteiger partial charge in [-0.15, -0.1) is 0 Å². The molecule has 0 radical (unpaired) electrons. The molecule has 0 spiro atoms. The lowest BCUT2D eigenvalue weighted by molar-refractivity contribution is -0.144. The maximum atomic E-state index is 12.9. The molecular weight excluding hydrogens is 663 g/mol. The number of aryl methyl sites for hydroxylation is 1. The average molecular weight is 707 g/mol. The highest BCUT2D eigenvalue weighted by Gasteiger charge is 2.27. The van der Waals surface area contributed by atoms with Crippen molar-refractivity contribution in [1.82, 2.24) is 24.7 Å². The van der Waals surface area contributed by atoms with Gasteiger partial charge in [-0.1, -0.05) is 54.1 Å². The number of rotatable bonds is 12. The van der Waals surface area contributed by atoms with Crippen molar-refractivity contribution < 1.29 is 9.53 Å². The molecule has 2 atom stereocenters. The van der Waals surface area contributed by atoms with Gasteiger partial charge in [-0.3, -0.25) is 9.80 Å². The number of anilines is 1. The van der Waals surface area contributed by atoms with Crippen molar-refractivity contribution in [3.05, 3.63) is 98.9 Å². The number of carbonyl (C=O) groups excluding carboxylic acids is 1. The number of carbonyl (C=O) groups is 1. The first-order valence-electron chi connectivity index (χ1n) is 15.4. The van der Waals surface area contributed by atoms with Crippen molar-refractivity contribution in [2.75, 3.05) is 58.7 Å². The second kappa shape index (κ2) is 15.2. The van der Waals surface area contributed by atoms with E-state index in [1.807, 2.05) is 45.3 Å². The molecule has 1 aliphatic rings. The quantitative estimate of drug-likeness (QED) is 0.148. The summed E-state index contributed by atoms with van der Waals surface area (Å²) in [5.74, 6) is 1.17. The van der Waals surface area contributed by atoms with Gasteiger partial charge in [0.2, 0.25) is 0 Å². The highest BCUT2D eigenvalue weighted by atomic mass is 127. The number of para-hydroxylation sites is 1. The zero-order valence-corrected chi connectivity index (χ0v) is 28.3. The number of ether oxygens (including phenoxy) is 1. The largest absolute Gasteiger partial charge is 0.464 e. The van der Waals surface area contributed by atoms with Crippen molar-refractivity contribution in [3.63, 3.8) is 0 Å². The van der Waals surface area contributed by atoms with Gasteiger partial charge in [-0.2, -0.15) is 0 Å². The Morgan fingerprint density at radius 2 is 1.61 bits per heavy atom. The van der Waals surface area contributed by atoms with Crippen LogP contribution < -0.4 is 5.32 Å². The average Bonchev–Trinajstić information content (AvgIpc) is 3.02. The second-order valence-electron chi connectivity index (χ2n) is 11.7. The van der Waals surface area contributed by atoms with E-state index in [1.165, 1.54) is 20.3 Å². The number of benzene rings is 3. The number of nitrogens with zero attached hydrogens (tertiary/aromatic N) is 5. The Balaban J connectivity index is 1.33. The number of nitrogens with one attached hydrogen (secondary N) is 1. The van der Waals surface area contributed by atoms with Crippen LogP contribution in [0.1, 0.15) is 41.9 Å². The summed E-state index contributed by atoms with van der Waals surface area (Å²) in [4.78, 5) is 29.8. The molecule has 0 amide bonds. The Labute approximate surface area is 275 Å². The Morgan fingerprint density at radius 1 is 0.955 bits per heavy atom. The van der Waals surface area contributed by atoms with E-state index in [4.69, 9.17) is 14.7 Å². The van der Waals surface area contributed by atoms with Gasteiger partial charge in [0.15, 0.2) is 0 Å². The summed E-state index contributed by atoms with van der Waals surface area (Å²) >= 11 is 2.37. The van der Waals surface area contributed by atoms with Crippen LogP contribution in [0, 0.1) is 10.5 Å². The van der Waals surface area contributed by atoms with E-state index in [0.717, 1.165) is 49.5 Å². The lowest BCUT2D eigenvalue weighted by Crippen LogP contribution is -2.47. The molecule has 4 aromatic rings.